The molecule has 0 saturated heterocycles. The van der Waals surface area contributed by atoms with Gasteiger partial charge in [0.15, 0.2) is 0 Å². The summed E-state index contributed by atoms with van der Waals surface area (Å²) < 4.78 is 1.01. The number of aromatic nitrogens is 2. The zero-order chi connectivity index (χ0) is 11.5. The van der Waals surface area contributed by atoms with Gasteiger partial charge >= 0.3 is 0 Å². The molecule has 3 nitrogen and oxygen atoms in total. The maximum absolute atomic E-state index is 4.31. The fraction of sp³-hybridized carbons (Fsp3) is 0.167. The highest BCUT2D eigenvalue weighted by atomic mass is 79.9. The molecule has 0 amide bonds. The van der Waals surface area contributed by atoms with Gasteiger partial charge in [0.1, 0.15) is 0 Å². The van der Waals surface area contributed by atoms with Crippen LogP contribution in [0.5, 0.6) is 0 Å². The number of aryl methyl sites for hydroxylation is 1. The smallest absolute Gasteiger partial charge is 0.0760 e. The minimum absolute atomic E-state index is 0.947. The van der Waals surface area contributed by atoms with E-state index in [-0.39, 0.29) is 0 Å². The fourth-order valence-electron chi connectivity index (χ4n) is 1.38. The summed E-state index contributed by atoms with van der Waals surface area (Å²) in [5.41, 5.74) is 3.01. The van der Waals surface area contributed by atoms with Crippen LogP contribution < -0.4 is 0 Å². The highest BCUT2D eigenvalue weighted by Gasteiger charge is 2.06. The molecule has 0 aliphatic carbocycles. The van der Waals surface area contributed by atoms with Gasteiger partial charge in [0, 0.05) is 0 Å². The Morgan fingerprint density at radius 3 is 2.50 bits per heavy atom. The molecule has 1 aromatic carbocycles. The first-order chi connectivity index (χ1) is 7.68. The van der Waals surface area contributed by atoms with E-state index in [1.807, 2.05) is 44.2 Å². The number of rotatable bonds is 2. The van der Waals surface area contributed by atoms with E-state index in [4.69, 9.17) is 0 Å². The molecule has 0 bridgehead atoms. The van der Waals surface area contributed by atoms with Crippen molar-refractivity contribution in [2.45, 2.75) is 13.8 Å². The molecule has 0 N–H and O–H groups in total. The van der Waals surface area contributed by atoms with Gasteiger partial charge in [-0.3, -0.25) is 0 Å². The van der Waals surface area contributed by atoms with Crippen LogP contribution in [0.25, 0.3) is 0 Å². The van der Waals surface area contributed by atoms with E-state index >= 15 is 0 Å². The second-order valence-electron chi connectivity index (χ2n) is 3.53. The summed E-state index contributed by atoms with van der Waals surface area (Å²) in [5, 5.41) is 8.60. The van der Waals surface area contributed by atoms with Gasteiger partial charge in [0.05, 0.1) is 22.1 Å². The lowest BCUT2D eigenvalue weighted by Gasteiger charge is -1.95. The van der Waals surface area contributed by atoms with E-state index in [2.05, 4.69) is 26.1 Å². The first kappa shape index (κ1) is 11.1. The Bertz CT molecular complexity index is 515. The zero-order valence-corrected chi connectivity index (χ0v) is 10.8. The molecule has 1 aromatic heterocycles. The van der Waals surface area contributed by atoms with Crippen LogP contribution in [0.2, 0.25) is 0 Å². The molecule has 2 aromatic rings. The summed E-state index contributed by atoms with van der Waals surface area (Å²) in [4.78, 5) is 1.63. The normalized spacial score (nSPS) is 11.2. The Morgan fingerprint density at radius 2 is 1.94 bits per heavy atom. The Hall–Kier alpha value is -1.42. The van der Waals surface area contributed by atoms with E-state index in [1.165, 1.54) is 0 Å². The number of halogens is 1. The van der Waals surface area contributed by atoms with Crippen LogP contribution in [-0.2, 0) is 0 Å². The van der Waals surface area contributed by atoms with Crippen molar-refractivity contribution in [3.05, 3.63) is 51.8 Å². The molecule has 82 valence electrons. The summed E-state index contributed by atoms with van der Waals surface area (Å²) >= 11 is 3.47. The molecular formula is C12H12BrN3. The second kappa shape index (κ2) is 4.61. The predicted molar refractivity (Wildman–Crippen MR) is 68.8 cm³/mol. The van der Waals surface area contributed by atoms with Crippen LogP contribution >= 0.6 is 15.9 Å². The maximum Gasteiger partial charge on any atom is 0.0760 e. The van der Waals surface area contributed by atoms with E-state index in [0.29, 0.717) is 0 Å². The first-order valence-corrected chi connectivity index (χ1v) is 5.79. The largest absolute Gasteiger partial charge is 0.158 e. The average Bonchev–Trinajstić information content (AvgIpc) is 2.56. The highest BCUT2D eigenvalue weighted by Crippen LogP contribution is 2.19. The van der Waals surface area contributed by atoms with Crippen LogP contribution in [0.15, 0.2) is 39.9 Å². The molecule has 16 heavy (non-hydrogen) atoms. The molecule has 0 radical (unpaired) electrons. The molecule has 0 unspecified atom stereocenters. The third kappa shape index (κ3) is 2.22. The Balaban J connectivity index is 2.28. The molecule has 0 saturated carbocycles. The summed E-state index contributed by atoms with van der Waals surface area (Å²) in [6, 6.07) is 9.96. The van der Waals surface area contributed by atoms with E-state index < -0.39 is 0 Å². The summed E-state index contributed by atoms with van der Waals surface area (Å²) in [6.45, 7) is 3.93. The maximum atomic E-state index is 4.31. The molecule has 0 aliphatic heterocycles. The molecule has 0 fully saturated rings. The molecule has 4 heteroatoms. The zero-order valence-electron chi connectivity index (χ0n) is 9.18. The van der Waals surface area contributed by atoms with E-state index in [1.54, 1.807) is 11.0 Å². The van der Waals surface area contributed by atoms with Crippen molar-refractivity contribution >= 4 is 22.1 Å². The van der Waals surface area contributed by atoms with Gasteiger partial charge < -0.3 is 0 Å². The van der Waals surface area contributed by atoms with Gasteiger partial charge in [-0.15, -0.1) is 0 Å². The Labute approximate surface area is 103 Å². The Kier molecular flexibility index (Phi) is 3.19. The van der Waals surface area contributed by atoms with Gasteiger partial charge in [0.25, 0.3) is 0 Å². The molecular weight excluding hydrogens is 266 g/mol. The van der Waals surface area contributed by atoms with Crippen molar-refractivity contribution in [2.24, 2.45) is 5.10 Å². The third-order valence-electron chi connectivity index (χ3n) is 2.30. The van der Waals surface area contributed by atoms with Crippen molar-refractivity contribution in [2.75, 3.05) is 0 Å². The lowest BCUT2D eigenvalue weighted by atomic mass is 10.2. The van der Waals surface area contributed by atoms with Crippen molar-refractivity contribution in [3.63, 3.8) is 0 Å². The number of hydrogen-bond donors (Lipinski definition) is 0. The van der Waals surface area contributed by atoms with Crippen LogP contribution in [0, 0.1) is 13.8 Å². The average molecular weight is 278 g/mol. The lowest BCUT2D eigenvalue weighted by molar-refractivity contribution is 0.710. The predicted octanol–water partition coefficient (Wildman–Crippen LogP) is 3.14. The number of hydrogen-bond acceptors (Lipinski definition) is 2. The van der Waals surface area contributed by atoms with E-state index in [9.17, 15) is 0 Å². The van der Waals surface area contributed by atoms with Crippen LogP contribution in [-0.4, -0.2) is 16.1 Å². The van der Waals surface area contributed by atoms with E-state index in [0.717, 1.165) is 21.4 Å². The number of benzene rings is 1. The van der Waals surface area contributed by atoms with Crippen LogP contribution in [0.3, 0.4) is 0 Å². The van der Waals surface area contributed by atoms with Crippen molar-refractivity contribution in [1.29, 1.82) is 0 Å². The molecule has 0 aliphatic rings. The number of nitrogens with zero attached hydrogens (tertiary/aromatic N) is 3. The molecule has 2 rings (SSSR count). The molecule has 0 atom stereocenters. The topological polar surface area (TPSA) is 30.2 Å². The van der Waals surface area contributed by atoms with Gasteiger partial charge in [-0.25, -0.2) is 0 Å². The monoisotopic (exact) mass is 277 g/mol. The standard InChI is InChI=1S/C12H12BrN3/c1-9-12(13)10(2)16(15-9)14-8-11-6-4-3-5-7-11/h3-8H,1-2H3/b14-8+. The highest BCUT2D eigenvalue weighted by molar-refractivity contribution is 9.10. The van der Waals surface area contributed by atoms with Gasteiger partial charge in [0.2, 0.25) is 0 Å². The van der Waals surface area contributed by atoms with Gasteiger partial charge in [-0.1, -0.05) is 30.3 Å². The van der Waals surface area contributed by atoms with Gasteiger partial charge in [-0.05, 0) is 35.3 Å². The third-order valence-corrected chi connectivity index (χ3v) is 3.44. The molecule has 0 spiro atoms. The van der Waals surface area contributed by atoms with Crippen molar-refractivity contribution < 1.29 is 0 Å². The van der Waals surface area contributed by atoms with Crippen LogP contribution in [0.4, 0.5) is 0 Å². The summed E-state index contributed by atoms with van der Waals surface area (Å²) in [7, 11) is 0. The van der Waals surface area contributed by atoms with Crippen molar-refractivity contribution in [3.8, 4) is 0 Å². The minimum Gasteiger partial charge on any atom is -0.158 e. The molecule has 1 heterocycles. The second-order valence-corrected chi connectivity index (χ2v) is 4.32. The SMILES string of the molecule is Cc1nn(/N=C/c2ccccc2)c(C)c1Br. The summed E-state index contributed by atoms with van der Waals surface area (Å²) in [6.07, 6.45) is 1.80. The van der Waals surface area contributed by atoms with Crippen LogP contribution in [0.1, 0.15) is 17.0 Å². The first-order valence-electron chi connectivity index (χ1n) is 4.99. The fourth-order valence-corrected chi connectivity index (χ4v) is 1.62. The Morgan fingerprint density at radius 1 is 1.25 bits per heavy atom. The van der Waals surface area contributed by atoms with Crippen molar-refractivity contribution in [1.82, 2.24) is 9.89 Å². The minimum atomic E-state index is 0.947. The van der Waals surface area contributed by atoms with Gasteiger partial charge in [-0.2, -0.15) is 15.0 Å². The lowest BCUT2D eigenvalue weighted by Crippen LogP contribution is -1.95. The quantitative estimate of drug-likeness (QED) is 0.776. The summed E-state index contributed by atoms with van der Waals surface area (Å²) in [5.74, 6) is 0.